The summed E-state index contributed by atoms with van der Waals surface area (Å²) in [7, 11) is -3.40. The summed E-state index contributed by atoms with van der Waals surface area (Å²) in [6.07, 6.45) is 1.14. The number of carbonyl (C=O) groups is 2. The molecule has 10 heteroatoms. The molecule has 1 amide bonds. The maximum Gasteiger partial charge on any atom is 0.230 e. The number of ketones is 1. The second-order valence-electron chi connectivity index (χ2n) is 6.36. The van der Waals surface area contributed by atoms with Crippen LogP contribution in [0, 0.1) is 0 Å². The topological polar surface area (TPSA) is 105 Å². The maximum atomic E-state index is 12.3. The van der Waals surface area contributed by atoms with Crippen LogP contribution in [-0.2, 0) is 21.2 Å². The highest BCUT2D eigenvalue weighted by atomic mass is 32.2. The third-order valence-electron chi connectivity index (χ3n) is 3.74. The molecule has 3 rings (SSSR count). The van der Waals surface area contributed by atoms with Gasteiger partial charge in [0.2, 0.25) is 15.9 Å². The second kappa shape index (κ2) is 9.88. The highest BCUT2D eigenvalue weighted by Crippen LogP contribution is 2.24. The zero-order valence-electron chi connectivity index (χ0n) is 16.0. The molecule has 1 heterocycles. The summed E-state index contributed by atoms with van der Waals surface area (Å²) in [5.74, 6) is 0.0370. The summed E-state index contributed by atoms with van der Waals surface area (Å²) in [5.41, 5.74) is 2.11. The molecule has 0 saturated heterocycles. The summed E-state index contributed by atoms with van der Waals surface area (Å²) in [6, 6.07) is 15.5. The lowest BCUT2D eigenvalue weighted by atomic mass is 10.2. The van der Waals surface area contributed by atoms with Crippen molar-refractivity contribution in [3.05, 3.63) is 71.2 Å². The molecule has 3 aromatic rings. The van der Waals surface area contributed by atoms with E-state index in [1.807, 2.05) is 18.2 Å². The number of amides is 1. The first kappa shape index (κ1) is 22.0. The number of Topliss-reactive ketones (excluding diaryl/α,β-unsaturated/α-hetero) is 1. The molecular weight excluding hydrogens is 442 g/mol. The molecule has 0 unspecified atom stereocenters. The van der Waals surface area contributed by atoms with Gasteiger partial charge in [0.1, 0.15) is 0 Å². The fourth-order valence-electron chi connectivity index (χ4n) is 2.51. The van der Waals surface area contributed by atoms with Crippen molar-refractivity contribution in [1.29, 1.82) is 0 Å². The molecule has 156 valence electrons. The lowest BCUT2D eigenvalue weighted by molar-refractivity contribution is -0.115. The lowest BCUT2D eigenvalue weighted by Gasteiger charge is -2.08. The van der Waals surface area contributed by atoms with Crippen LogP contribution in [0.25, 0.3) is 0 Å². The molecule has 0 atom stereocenters. The van der Waals surface area contributed by atoms with Gasteiger partial charge in [0.15, 0.2) is 10.1 Å². The minimum atomic E-state index is -3.40. The Hall–Kier alpha value is -2.69. The summed E-state index contributed by atoms with van der Waals surface area (Å²) >= 11 is 2.73. The summed E-state index contributed by atoms with van der Waals surface area (Å²) in [5, 5.41) is 4.52. The van der Waals surface area contributed by atoms with Gasteiger partial charge in [-0.15, -0.1) is 11.3 Å². The van der Waals surface area contributed by atoms with Gasteiger partial charge >= 0.3 is 0 Å². The fourth-order valence-corrected chi connectivity index (χ4v) is 4.81. The van der Waals surface area contributed by atoms with Crippen LogP contribution >= 0.6 is 23.1 Å². The first-order valence-corrected chi connectivity index (χ1v) is 12.6. The van der Waals surface area contributed by atoms with E-state index in [0.29, 0.717) is 22.6 Å². The number of aromatic nitrogens is 1. The first-order chi connectivity index (χ1) is 14.3. The molecule has 0 spiro atoms. The Morgan fingerprint density at radius 2 is 1.80 bits per heavy atom. The number of anilines is 2. The van der Waals surface area contributed by atoms with E-state index in [0.717, 1.165) is 10.6 Å². The molecule has 0 aliphatic heterocycles. The first-order valence-electron chi connectivity index (χ1n) is 8.82. The Balaban J connectivity index is 1.52. The number of hydrogen-bond donors (Lipinski definition) is 2. The Kier molecular flexibility index (Phi) is 7.24. The van der Waals surface area contributed by atoms with Crippen LogP contribution in [0.5, 0.6) is 0 Å². The van der Waals surface area contributed by atoms with Gasteiger partial charge in [-0.1, -0.05) is 48.2 Å². The fraction of sp³-hybridized carbons (Fsp3) is 0.150. The van der Waals surface area contributed by atoms with Gasteiger partial charge in [0.25, 0.3) is 0 Å². The molecule has 1 aromatic heterocycles. The highest BCUT2D eigenvalue weighted by Gasteiger charge is 2.12. The largest absolute Gasteiger partial charge is 0.326 e. The minimum absolute atomic E-state index is 0.0256. The molecule has 7 nitrogen and oxygen atoms in total. The monoisotopic (exact) mass is 461 g/mol. The van der Waals surface area contributed by atoms with E-state index in [2.05, 4.69) is 15.0 Å². The third-order valence-corrected chi connectivity index (χ3v) is 6.42. The van der Waals surface area contributed by atoms with E-state index < -0.39 is 10.0 Å². The third kappa shape index (κ3) is 6.97. The van der Waals surface area contributed by atoms with Crippen molar-refractivity contribution in [2.24, 2.45) is 0 Å². The van der Waals surface area contributed by atoms with Crippen molar-refractivity contribution in [3.63, 3.8) is 0 Å². The maximum absolute atomic E-state index is 12.3. The van der Waals surface area contributed by atoms with Gasteiger partial charge in [-0.25, -0.2) is 13.4 Å². The predicted molar refractivity (Wildman–Crippen MR) is 121 cm³/mol. The highest BCUT2D eigenvalue weighted by molar-refractivity contribution is 8.01. The van der Waals surface area contributed by atoms with Crippen molar-refractivity contribution in [2.45, 2.75) is 10.8 Å². The Bertz CT molecular complexity index is 1140. The van der Waals surface area contributed by atoms with Gasteiger partial charge in [-0.3, -0.25) is 14.3 Å². The normalized spacial score (nSPS) is 11.1. The van der Waals surface area contributed by atoms with Crippen molar-refractivity contribution in [1.82, 2.24) is 4.98 Å². The molecule has 0 aliphatic rings. The minimum Gasteiger partial charge on any atom is -0.326 e. The average molecular weight is 462 g/mol. The van der Waals surface area contributed by atoms with Crippen molar-refractivity contribution in [3.8, 4) is 0 Å². The van der Waals surface area contributed by atoms with Crippen LogP contribution in [0.15, 0.2) is 64.3 Å². The Morgan fingerprint density at radius 3 is 2.53 bits per heavy atom. The number of thioether (sulfide) groups is 1. The second-order valence-corrected chi connectivity index (χ2v) is 10.2. The van der Waals surface area contributed by atoms with E-state index in [9.17, 15) is 18.0 Å². The van der Waals surface area contributed by atoms with Gasteiger partial charge in [0.05, 0.1) is 29.8 Å². The van der Waals surface area contributed by atoms with Gasteiger partial charge in [-0.05, 0) is 18.2 Å². The van der Waals surface area contributed by atoms with Crippen LogP contribution < -0.4 is 10.0 Å². The van der Waals surface area contributed by atoms with E-state index in [1.54, 1.807) is 35.7 Å². The van der Waals surface area contributed by atoms with E-state index in [4.69, 9.17) is 0 Å². The van der Waals surface area contributed by atoms with Crippen molar-refractivity contribution < 1.29 is 18.0 Å². The molecule has 0 bridgehead atoms. The number of nitrogens with zero attached hydrogens (tertiary/aromatic N) is 1. The summed E-state index contributed by atoms with van der Waals surface area (Å²) < 4.78 is 25.7. The predicted octanol–water partition coefficient (Wildman–Crippen LogP) is 3.67. The van der Waals surface area contributed by atoms with Crippen molar-refractivity contribution >= 4 is 56.2 Å². The number of rotatable bonds is 9. The van der Waals surface area contributed by atoms with Gasteiger partial charge in [-0.2, -0.15) is 0 Å². The molecule has 0 aliphatic carbocycles. The average Bonchev–Trinajstić information content (AvgIpc) is 3.13. The quantitative estimate of drug-likeness (QED) is 0.372. The van der Waals surface area contributed by atoms with Crippen LogP contribution in [-0.4, -0.2) is 37.1 Å². The molecule has 2 aromatic carbocycles. The van der Waals surface area contributed by atoms with Crippen LogP contribution in [0.2, 0.25) is 0 Å². The molecule has 30 heavy (non-hydrogen) atoms. The van der Waals surface area contributed by atoms with Gasteiger partial charge in [0, 0.05) is 16.6 Å². The van der Waals surface area contributed by atoms with Crippen molar-refractivity contribution in [2.75, 3.05) is 22.0 Å². The Labute approximate surface area is 183 Å². The zero-order chi connectivity index (χ0) is 21.6. The van der Waals surface area contributed by atoms with E-state index in [-0.39, 0.29) is 23.9 Å². The molecule has 0 radical (unpaired) electrons. The molecule has 0 fully saturated rings. The molecule has 2 N–H and O–H groups in total. The van der Waals surface area contributed by atoms with E-state index >= 15 is 0 Å². The van der Waals surface area contributed by atoms with E-state index in [1.165, 1.54) is 29.2 Å². The van der Waals surface area contributed by atoms with Crippen LogP contribution in [0.3, 0.4) is 0 Å². The number of hydrogen-bond acceptors (Lipinski definition) is 7. The smallest absolute Gasteiger partial charge is 0.230 e. The number of nitrogens with one attached hydrogen (secondary N) is 2. The SMILES string of the molecule is CS(=O)(=O)Nc1cccc(NC(=O)Cc2csc(SCC(=O)c3ccccc3)n2)c1. The standard InChI is InChI=1S/C20H19N3O4S3/c1-30(26,27)23-16-9-5-8-15(10-16)21-19(25)11-17-12-28-20(22-17)29-13-18(24)14-6-3-2-4-7-14/h2-10,12,23H,11,13H2,1H3,(H,21,25). The zero-order valence-corrected chi connectivity index (χ0v) is 18.4. The summed E-state index contributed by atoms with van der Waals surface area (Å²) in [6.45, 7) is 0. The number of carbonyl (C=O) groups excluding carboxylic acids is 2. The number of sulfonamides is 1. The van der Waals surface area contributed by atoms with Crippen LogP contribution in [0.4, 0.5) is 11.4 Å². The number of thiazole rings is 1. The molecular formula is C20H19N3O4S3. The molecule has 0 saturated carbocycles. The number of benzene rings is 2. The van der Waals surface area contributed by atoms with Crippen LogP contribution in [0.1, 0.15) is 16.1 Å². The lowest BCUT2D eigenvalue weighted by Crippen LogP contribution is -2.15. The van der Waals surface area contributed by atoms with Gasteiger partial charge < -0.3 is 5.32 Å². The Morgan fingerprint density at radius 1 is 1.07 bits per heavy atom. The summed E-state index contributed by atoms with van der Waals surface area (Å²) in [4.78, 5) is 28.9.